The van der Waals surface area contributed by atoms with Crippen LogP contribution in [0, 0.1) is 43.0 Å². The van der Waals surface area contributed by atoms with E-state index in [1.54, 1.807) is 25.3 Å². The molecule has 0 spiro atoms. The van der Waals surface area contributed by atoms with E-state index in [1.165, 1.54) is 76.9 Å². The van der Waals surface area contributed by atoms with E-state index in [1.807, 2.05) is 86.6 Å². The Morgan fingerprint density at radius 3 is 1.10 bits per heavy atom. The number of aryl methyl sites for hydroxylation is 5. The second-order valence-corrected chi connectivity index (χ2v) is 34.6. The van der Waals surface area contributed by atoms with Crippen LogP contribution in [0.25, 0.3) is 0 Å². The molecular formula is C98H126Cl8FIO. The van der Waals surface area contributed by atoms with Crippen molar-refractivity contribution in [3.05, 3.63) is 339 Å². The van der Waals surface area contributed by atoms with Gasteiger partial charge in [-0.2, -0.15) is 0 Å². The molecule has 0 saturated heterocycles. The molecule has 0 aromatic heterocycles. The molecule has 10 aromatic carbocycles. The van der Waals surface area contributed by atoms with Crippen molar-refractivity contribution in [3.63, 3.8) is 0 Å². The number of hydrogen-bond acceptors (Lipinski definition) is 1. The number of halogens is 10. The Balaban J connectivity index is 0.000000606. The van der Waals surface area contributed by atoms with Crippen LogP contribution in [0.15, 0.2) is 206 Å². The van der Waals surface area contributed by atoms with Crippen LogP contribution in [0.2, 0.25) is 40.2 Å². The average molecular weight is 1750 g/mol. The molecule has 594 valence electrons. The molecule has 0 aliphatic carbocycles. The Bertz CT molecular complexity index is 4060. The van der Waals surface area contributed by atoms with Crippen molar-refractivity contribution in [2.75, 3.05) is 7.11 Å². The van der Waals surface area contributed by atoms with Crippen molar-refractivity contribution in [2.45, 2.75) is 239 Å². The van der Waals surface area contributed by atoms with E-state index in [0.29, 0.717) is 68.3 Å². The van der Waals surface area contributed by atoms with Crippen LogP contribution in [-0.2, 0) is 12.8 Å². The van der Waals surface area contributed by atoms with E-state index in [0.717, 1.165) is 66.0 Å². The van der Waals surface area contributed by atoms with E-state index in [2.05, 4.69) is 285 Å². The van der Waals surface area contributed by atoms with Crippen LogP contribution in [0.4, 0.5) is 4.39 Å². The number of methoxy groups -OCH3 is 1. The fraction of sp³-hybridized carbons (Fsp3) is 0.388. The smallest absolute Gasteiger partial charge is 0.123 e. The van der Waals surface area contributed by atoms with Gasteiger partial charge in [-0.05, 0) is 279 Å². The van der Waals surface area contributed by atoms with Crippen molar-refractivity contribution in [1.29, 1.82) is 0 Å². The van der Waals surface area contributed by atoms with Gasteiger partial charge >= 0.3 is 0 Å². The summed E-state index contributed by atoms with van der Waals surface area (Å²) >= 11 is 49.5. The van der Waals surface area contributed by atoms with Crippen molar-refractivity contribution in [1.82, 2.24) is 0 Å². The Kier molecular flexibility index (Phi) is 51.1. The van der Waals surface area contributed by atoms with Crippen molar-refractivity contribution >= 4 is 115 Å². The first-order chi connectivity index (χ1) is 51.1. The van der Waals surface area contributed by atoms with Crippen LogP contribution in [-0.4, -0.2) is 7.11 Å². The van der Waals surface area contributed by atoms with Gasteiger partial charge in [0.25, 0.3) is 0 Å². The Morgan fingerprint density at radius 2 is 0.706 bits per heavy atom. The molecule has 0 radical (unpaired) electrons. The van der Waals surface area contributed by atoms with Gasteiger partial charge < -0.3 is 4.74 Å². The van der Waals surface area contributed by atoms with Gasteiger partial charge in [-0.1, -0.05) is 372 Å². The Labute approximate surface area is 715 Å². The van der Waals surface area contributed by atoms with Gasteiger partial charge in [-0.15, -0.1) is 0 Å². The fourth-order valence-electron chi connectivity index (χ4n) is 11.8. The largest absolute Gasteiger partial charge is 0.496 e. The molecule has 0 aliphatic rings. The van der Waals surface area contributed by atoms with E-state index in [9.17, 15) is 4.39 Å². The molecular weight excluding hydrogens is 1620 g/mol. The summed E-state index contributed by atoms with van der Waals surface area (Å²) in [4.78, 5) is 0. The number of hydrogen-bond donors (Lipinski definition) is 0. The summed E-state index contributed by atoms with van der Waals surface area (Å²) in [7, 11) is 1.60. The molecule has 0 N–H and O–H groups in total. The third-order valence-electron chi connectivity index (χ3n) is 17.5. The Morgan fingerprint density at radius 1 is 0.312 bits per heavy atom. The predicted molar refractivity (Wildman–Crippen MR) is 497 cm³/mol. The van der Waals surface area contributed by atoms with Crippen LogP contribution < -0.4 is 4.74 Å². The zero-order chi connectivity index (χ0) is 82.9. The van der Waals surface area contributed by atoms with Gasteiger partial charge in [0.1, 0.15) is 11.6 Å². The number of rotatable bonds is 13. The zero-order valence-corrected chi connectivity index (χ0v) is 78.2. The summed E-state index contributed by atoms with van der Waals surface area (Å²) in [6, 6.07) is 67.8. The summed E-state index contributed by atoms with van der Waals surface area (Å²) < 4.78 is 19.3. The number of ether oxygens (including phenoxy) is 1. The topological polar surface area (TPSA) is 9.23 Å². The first kappa shape index (κ1) is 102. The molecule has 11 heteroatoms. The maximum absolute atomic E-state index is 12.8. The zero-order valence-electron chi connectivity index (χ0n) is 70.0. The fourth-order valence-corrected chi connectivity index (χ4v) is 15.2. The highest BCUT2D eigenvalue weighted by atomic mass is 127. The highest BCUT2D eigenvalue weighted by Gasteiger charge is 2.12. The summed E-state index contributed by atoms with van der Waals surface area (Å²) in [5.41, 5.74) is 19.8. The quantitative estimate of drug-likeness (QED) is 0.105. The minimum Gasteiger partial charge on any atom is -0.496 e. The van der Waals surface area contributed by atoms with E-state index in [4.69, 9.17) is 97.5 Å². The monoisotopic (exact) mass is 1740 g/mol. The van der Waals surface area contributed by atoms with Crippen LogP contribution in [0.1, 0.15) is 282 Å². The lowest BCUT2D eigenvalue weighted by Gasteiger charge is -2.12. The molecule has 10 aromatic rings. The molecule has 0 fully saturated rings. The van der Waals surface area contributed by atoms with Crippen LogP contribution in [0.5, 0.6) is 5.75 Å². The lowest BCUT2D eigenvalue weighted by atomic mass is 9.94. The summed E-state index contributed by atoms with van der Waals surface area (Å²) in [5, 5.41) is 6.01. The Hall–Kier alpha value is -5.02. The van der Waals surface area contributed by atoms with Crippen LogP contribution >= 0.6 is 115 Å². The predicted octanol–water partition coefficient (Wildman–Crippen LogP) is 36.0. The van der Waals surface area contributed by atoms with Gasteiger partial charge in [-0.3, -0.25) is 0 Å². The minimum absolute atomic E-state index is 0.209. The SMILES string of the molecule is CC(C)Cc1ccccc1Cl.CC(C)c1c(Cl)cccc1Cl.CC(C)c1ccc(Cl)cc1Cl.CC(C)c1cccc(Cl)c1Cl.CC(C)c1ccccc1I.CCc1ccccc1C(C)C.COc1ccc(F)cc1C(C)C.Cc1ccc(Cl)cc1C(C)C.Cc1cccc(C)c1C(C)C.Cc1ccccc1C(C)C. The lowest BCUT2D eigenvalue weighted by Crippen LogP contribution is -1.94. The second kappa shape index (κ2) is 54.7. The first-order valence-electron chi connectivity index (χ1n) is 38.2. The molecule has 10 rings (SSSR count). The first-order valence-corrected chi connectivity index (χ1v) is 42.3. The molecule has 0 unspecified atom stereocenters. The minimum atomic E-state index is -0.209. The third-order valence-corrected chi connectivity index (χ3v) is 21.2. The molecule has 0 amide bonds. The van der Waals surface area contributed by atoms with Gasteiger partial charge in [0.15, 0.2) is 0 Å². The van der Waals surface area contributed by atoms with Crippen molar-refractivity contribution in [2.24, 2.45) is 5.92 Å². The summed E-state index contributed by atoms with van der Waals surface area (Å²) in [6.07, 6.45) is 2.22. The second-order valence-electron chi connectivity index (χ2n) is 30.1. The molecule has 1 nitrogen and oxygen atoms in total. The standard InChI is InChI=1S/2C11H16.2C10H13Cl.C10H13FO.C10H14.3C9H10Cl2.C9H11I/c1-8(2)11-9(3)6-5-7-10(11)4;1-4-10-7-5-6-8-11(10)9(2)3;1-7(2)10-6-9(11)5-4-8(10)3;1-8(2)7-9-5-3-4-6-10(9)11;1-7(2)9-6-8(11)4-5-10(9)12-3;1-8(2)10-7-5-4-6-9(10)3;1-6(2)8-4-3-7(10)5-9(8)11;1-6(2)9-7(10)4-3-5-8(9)11;1-6(2)7-4-3-5-8(10)9(7)11;1-7(2)8-5-3-4-6-9(8)10/h5-8H,1-4H3;5-9H,4H2,1-3H3;4-7H,1-3H3;3-6,8H,7H2,1-2H3;4-7H,1-3H3;4-8H,1-3H3;3*3-6H,1-2H3;3-7H,1-2H3. The molecule has 109 heavy (non-hydrogen) atoms. The van der Waals surface area contributed by atoms with E-state index < -0.39 is 0 Å². The number of benzene rings is 10. The molecule has 0 saturated carbocycles. The van der Waals surface area contributed by atoms with E-state index in [-0.39, 0.29) is 11.7 Å². The summed E-state index contributed by atoms with van der Waals surface area (Å²) in [5.74, 6) is 5.96. The molecule has 0 bridgehead atoms. The summed E-state index contributed by atoms with van der Waals surface area (Å²) in [6.45, 7) is 54.1. The van der Waals surface area contributed by atoms with Crippen LogP contribution in [0.3, 0.4) is 0 Å². The maximum atomic E-state index is 12.8. The average Bonchev–Trinajstić information content (AvgIpc) is 0.861. The highest BCUT2D eigenvalue weighted by molar-refractivity contribution is 14.1. The maximum Gasteiger partial charge on any atom is 0.123 e. The third kappa shape index (κ3) is 39.1. The normalized spacial score (nSPS) is 10.6. The molecule has 0 aliphatic heterocycles. The molecule has 0 atom stereocenters. The van der Waals surface area contributed by atoms with Crippen molar-refractivity contribution < 1.29 is 9.13 Å². The van der Waals surface area contributed by atoms with Gasteiger partial charge in [0.2, 0.25) is 0 Å². The van der Waals surface area contributed by atoms with Gasteiger partial charge in [-0.25, -0.2) is 4.39 Å². The van der Waals surface area contributed by atoms with Gasteiger partial charge in [0, 0.05) is 33.7 Å². The van der Waals surface area contributed by atoms with Crippen molar-refractivity contribution in [3.8, 4) is 5.75 Å². The van der Waals surface area contributed by atoms with E-state index >= 15 is 0 Å². The highest BCUT2D eigenvalue weighted by Crippen LogP contribution is 2.34. The lowest BCUT2D eigenvalue weighted by molar-refractivity contribution is 0.406. The van der Waals surface area contributed by atoms with Gasteiger partial charge in [0.05, 0.1) is 17.2 Å². The molecule has 0 heterocycles.